The molecule has 0 atom stereocenters. The lowest BCUT2D eigenvalue weighted by molar-refractivity contribution is -0.113. The summed E-state index contributed by atoms with van der Waals surface area (Å²) in [6, 6.07) is 13.8. The van der Waals surface area contributed by atoms with Crippen molar-refractivity contribution in [3.8, 4) is 5.75 Å². The number of amidine groups is 1. The first kappa shape index (κ1) is 24.8. The Morgan fingerprint density at radius 3 is 2.32 bits per heavy atom. The highest BCUT2D eigenvalue weighted by atomic mass is 35.5. The number of ether oxygens (including phenoxy) is 1. The van der Waals surface area contributed by atoms with Crippen LogP contribution in [0, 0.1) is 5.92 Å². The Hall–Kier alpha value is -2.33. The molecule has 0 aliphatic carbocycles. The molecule has 0 spiro atoms. The van der Waals surface area contributed by atoms with Crippen molar-refractivity contribution in [3.63, 3.8) is 0 Å². The first-order valence-corrected chi connectivity index (χ1v) is 13.6. The Bertz CT molecular complexity index is 1200. The Labute approximate surface area is 209 Å². The van der Waals surface area contributed by atoms with E-state index in [1.54, 1.807) is 12.1 Å². The lowest BCUT2D eigenvalue weighted by Crippen LogP contribution is -2.49. The van der Waals surface area contributed by atoms with E-state index in [0.717, 1.165) is 11.3 Å². The van der Waals surface area contributed by atoms with Gasteiger partial charge in [-0.3, -0.25) is 4.79 Å². The minimum Gasteiger partial charge on any atom is -0.493 e. The molecule has 7 nitrogen and oxygen atoms in total. The number of benzene rings is 2. The van der Waals surface area contributed by atoms with Gasteiger partial charge in [-0.05, 0) is 65.7 Å². The lowest BCUT2D eigenvalue weighted by atomic mass is 10.2. The summed E-state index contributed by atoms with van der Waals surface area (Å²) in [5.41, 5.74) is 0.892. The van der Waals surface area contributed by atoms with Crippen molar-refractivity contribution in [3.05, 3.63) is 64.0 Å². The predicted molar refractivity (Wildman–Crippen MR) is 137 cm³/mol. The van der Waals surface area contributed by atoms with Gasteiger partial charge < -0.3 is 9.64 Å². The molecule has 1 saturated heterocycles. The van der Waals surface area contributed by atoms with Crippen LogP contribution < -0.4 is 4.74 Å². The number of halogens is 1. The zero-order chi connectivity index (χ0) is 24.3. The number of thioether (sulfide) groups is 1. The summed E-state index contributed by atoms with van der Waals surface area (Å²) in [7, 11) is -3.59. The maximum atomic E-state index is 12.9. The molecule has 0 aromatic heterocycles. The first-order valence-electron chi connectivity index (χ1n) is 11.0. The molecule has 4 rings (SSSR count). The summed E-state index contributed by atoms with van der Waals surface area (Å²) in [5, 5.41) is 1.10. The van der Waals surface area contributed by atoms with Gasteiger partial charge in [0.2, 0.25) is 10.0 Å². The maximum Gasteiger partial charge on any atom is 0.286 e. The minimum absolute atomic E-state index is 0.221. The number of hydrogen-bond donors (Lipinski definition) is 0. The zero-order valence-electron chi connectivity index (χ0n) is 19.0. The number of nitrogens with zero attached hydrogens (tertiary/aromatic N) is 3. The van der Waals surface area contributed by atoms with E-state index in [4.69, 9.17) is 16.3 Å². The second kappa shape index (κ2) is 10.5. The number of carbonyl (C=O) groups is 1. The molecule has 0 unspecified atom stereocenters. The number of aliphatic imine (C=N–C) groups is 1. The molecule has 0 saturated carbocycles. The number of carbonyl (C=O) groups excluding carboxylic acids is 1. The molecule has 2 aliphatic heterocycles. The highest BCUT2D eigenvalue weighted by Crippen LogP contribution is 2.31. The molecule has 0 N–H and O–H groups in total. The van der Waals surface area contributed by atoms with E-state index in [9.17, 15) is 13.2 Å². The van der Waals surface area contributed by atoms with Crippen molar-refractivity contribution in [1.29, 1.82) is 0 Å². The van der Waals surface area contributed by atoms with Gasteiger partial charge in [-0.2, -0.15) is 9.30 Å². The fourth-order valence-electron chi connectivity index (χ4n) is 3.48. The van der Waals surface area contributed by atoms with Crippen molar-refractivity contribution >= 4 is 50.5 Å². The molecule has 0 bridgehead atoms. The monoisotopic (exact) mass is 519 g/mol. The average Bonchev–Trinajstić information content (AvgIpc) is 3.19. The Balaban J connectivity index is 1.35. The summed E-state index contributed by atoms with van der Waals surface area (Å²) >= 11 is 7.19. The van der Waals surface area contributed by atoms with Gasteiger partial charge >= 0.3 is 0 Å². The summed E-state index contributed by atoms with van der Waals surface area (Å²) in [6.45, 7) is 6.39. The molecule has 2 heterocycles. The summed E-state index contributed by atoms with van der Waals surface area (Å²) < 4.78 is 32.9. The molecule has 0 radical (unpaired) electrons. The van der Waals surface area contributed by atoms with Crippen LogP contribution in [0.25, 0.3) is 6.08 Å². The van der Waals surface area contributed by atoms with Crippen LogP contribution in [0.15, 0.2) is 63.3 Å². The largest absolute Gasteiger partial charge is 0.493 e. The topological polar surface area (TPSA) is 79.3 Å². The molecule has 34 heavy (non-hydrogen) atoms. The van der Waals surface area contributed by atoms with Crippen LogP contribution in [-0.4, -0.2) is 61.5 Å². The van der Waals surface area contributed by atoms with Crippen LogP contribution in [0.4, 0.5) is 0 Å². The van der Waals surface area contributed by atoms with E-state index < -0.39 is 10.0 Å². The van der Waals surface area contributed by atoms with Crippen LogP contribution in [0.5, 0.6) is 5.75 Å². The van der Waals surface area contributed by atoms with E-state index >= 15 is 0 Å². The fraction of sp³-hybridized carbons (Fsp3) is 0.333. The summed E-state index contributed by atoms with van der Waals surface area (Å²) in [4.78, 5) is 19.4. The zero-order valence-corrected chi connectivity index (χ0v) is 21.4. The first-order chi connectivity index (χ1) is 16.2. The third-order valence-corrected chi connectivity index (χ3v) is 8.54. The average molecular weight is 520 g/mol. The Morgan fingerprint density at radius 1 is 1.06 bits per heavy atom. The van der Waals surface area contributed by atoms with Crippen LogP contribution in [0.2, 0.25) is 5.02 Å². The van der Waals surface area contributed by atoms with Crippen molar-refractivity contribution in [2.24, 2.45) is 10.9 Å². The third-order valence-electron chi connectivity index (χ3n) is 5.33. The molecule has 2 aliphatic rings. The van der Waals surface area contributed by atoms with Gasteiger partial charge in [0.25, 0.3) is 5.91 Å². The third kappa shape index (κ3) is 5.83. The molecular formula is C24H26ClN3O4S2. The second-order valence-electron chi connectivity index (χ2n) is 8.43. The maximum absolute atomic E-state index is 12.9. The summed E-state index contributed by atoms with van der Waals surface area (Å²) in [5.74, 6) is 0.963. The van der Waals surface area contributed by atoms with Crippen LogP contribution in [0.3, 0.4) is 0 Å². The van der Waals surface area contributed by atoms with Crippen molar-refractivity contribution in [2.45, 2.75) is 18.7 Å². The number of amides is 1. The van der Waals surface area contributed by atoms with Gasteiger partial charge in [-0.25, -0.2) is 8.42 Å². The van der Waals surface area contributed by atoms with Gasteiger partial charge in [0, 0.05) is 31.2 Å². The number of piperazine rings is 1. The van der Waals surface area contributed by atoms with E-state index in [1.807, 2.05) is 35.2 Å². The Morgan fingerprint density at radius 2 is 1.71 bits per heavy atom. The lowest BCUT2D eigenvalue weighted by Gasteiger charge is -2.34. The van der Waals surface area contributed by atoms with Crippen molar-refractivity contribution in [1.82, 2.24) is 9.21 Å². The predicted octanol–water partition coefficient (Wildman–Crippen LogP) is 4.35. The van der Waals surface area contributed by atoms with Gasteiger partial charge in [0.15, 0.2) is 5.17 Å². The molecule has 10 heteroatoms. The van der Waals surface area contributed by atoms with Gasteiger partial charge in [-0.1, -0.05) is 37.6 Å². The molecule has 2 aromatic rings. The molecular weight excluding hydrogens is 494 g/mol. The van der Waals surface area contributed by atoms with E-state index in [2.05, 4.69) is 18.8 Å². The van der Waals surface area contributed by atoms with Gasteiger partial charge in [0.05, 0.1) is 16.4 Å². The van der Waals surface area contributed by atoms with Crippen LogP contribution in [0.1, 0.15) is 19.4 Å². The van der Waals surface area contributed by atoms with Crippen molar-refractivity contribution < 1.29 is 17.9 Å². The van der Waals surface area contributed by atoms with E-state index in [-0.39, 0.29) is 10.8 Å². The second-order valence-corrected chi connectivity index (χ2v) is 11.8. The molecule has 2 aromatic carbocycles. The van der Waals surface area contributed by atoms with Crippen LogP contribution in [-0.2, 0) is 14.8 Å². The fourth-order valence-corrected chi connectivity index (χ4v) is 6.00. The molecule has 1 amide bonds. The van der Waals surface area contributed by atoms with Crippen molar-refractivity contribution in [2.75, 3.05) is 32.8 Å². The number of hydrogen-bond acceptors (Lipinski definition) is 6. The van der Waals surface area contributed by atoms with Gasteiger partial charge in [0.1, 0.15) is 5.75 Å². The van der Waals surface area contributed by atoms with Gasteiger partial charge in [-0.15, -0.1) is 0 Å². The Kier molecular flexibility index (Phi) is 7.67. The molecule has 1 fully saturated rings. The van der Waals surface area contributed by atoms with E-state index in [0.29, 0.717) is 53.8 Å². The minimum atomic E-state index is -3.59. The summed E-state index contributed by atoms with van der Waals surface area (Å²) in [6.07, 6.45) is 1.82. The number of rotatable bonds is 6. The normalized spacial score (nSPS) is 18.6. The number of sulfonamides is 1. The molecule has 180 valence electrons. The van der Waals surface area contributed by atoms with E-state index in [1.165, 1.54) is 28.2 Å². The highest BCUT2D eigenvalue weighted by Gasteiger charge is 2.32. The highest BCUT2D eigenvalue weighted by molar-refractivity contribution is 8.18. The quantitative estimate of drug-likeness (QED) is 0.528. The smallest absolute Gasteiger partial charge is 0.286 e. The van der Waals surface area contributed by atoms with Crippen LogP contribution >= 0.6 is 23.4 Å². The SMILES string of the molecule is CC(C)COc1ccc(C=C2SC(N3CCN(S(=O)(=O)c4ccc(Cl)cc4)CC3)=NC2=O)cc1. The standard InChI is InChI=1S/C24H26ClN3O4S2/c1-17(2)16-32-20-7-3-18(4-8-20)15-22-23(29)26-24(33-22)27-11-13-28(14-12-27)34(30,31)21-9-5-19(25)6-10-21/h3-10,15,17H,11-14,16H2,1-2H3.